The van der Waals surface area contributed by atoms with Crippen molar-refractivity contribution in [3.63, 3.8) is 0 Å². The highest BCUT2D eigenvalue weighted by Gasteiger charge is 2.27. The van der Waals surface area contributed by atoms with E-state index < -0.39 is 33.9 Å². The third kappa shape index (κ3) is 1.53. The van der Waals surface area contributed by atoms with Crippen molar-refractivity contribution >= 4 is 5.69 Å². The molecule has 0 aliphatic carbocycles. The molecule has 0 aliphatic rings. The van der Waals surface area contributed by atoms with Crippen LogP contribution in [0.3, 0.4) is 0 Å². The van der Waals surface area contributed by atoms with E-state index in [1.807, 2.05) is 0 Å². The number of nitrogens with one attached hydrogen (secondary N) is 1. The van der Waals surface area contributed by atoms with E-state index in [9.17, 15) is 23.7 Å². The number of nitrogens with zero attached hydrogens (tertiary/aromatic N) is 1. The Morgan fingerprint density at radius 1 is 1.57 bits per heavy atom. The molecular formula is C6H4F2N2O4. The third-order valence-electron chi connectivity index (χ3n) is 1.49. The lowest BCUT2D eigenvalue weighted by Crippen LogP contribution is -2.09. The molecule has 0 amide bonds. The summed E-state index contributed by atoms with van der Waals surface area (Å²) in [7, 11) is 0. The van der Waals surface area contributed by atoms with Gasteiger partial charge in [0.15, 0.2) is 0 Å². The van der Waals surface area contributed by atoms with Crippen molar-refractivity contribution in [2.75, 3.05) is 0 Å². The summed E-state index contributed by atoms with van der Waals surface area (Å²) in [6.07, 6.45) is -2.64. The lowest BCUT2D eigenvalue weighted by Gasteiger charge is -2.01. The Kier molecular flexibility index (Phi) is 2.45. The zero-order valence-electron chi connectivity index (χ0n) is 6.53. The van der Waals surface area contributed by atoms with E-state index in [0.717, 1.165) is 0 Å². The van der Waals surface area contributed by atoms with Crippen molar-refractivity contribution in [1.29, 1.82) is 0 Å². The molecule has 0 atom stereocenters. The minimum Gasteiger partial charge on any atom is -0.498 e. The third-order valence-corrected chi connectivity index (χ3v) is 1.49. The minimum atomic E-state index is -3.14. The van der Waals surface area contributed by atoms with Gasteiger partial charge in [-0.15, -0.1) is 0 Å². The molecule has 0 radical (unpaired) electrons. The predicted octanol–water partition coefficient (Wildman–Crippen LogP) is 0.926. The molecule has 1 aromatic rings. The maximum atomic E-state index is 12.2. The fourth-order valence-corrected chi connectivity index (χ4v) is 0.882. The van der Waals surface area contributed by atoms with Gasteiger partial charge < -0.3 is 10.1 Å². The number of aromatic nitrogens is 1. The first-order valence-electron chi connectivity index (χ1n) is 3.32. The van der Waals surface area contributed by atoms with E-state index in [1.165, 1.54) is 0 Å². The maximum Gasteiger partial charge on any atom is 0.326 e. The average Bonchev–Trinajstić information content (AvgIpc) is 2.08. The van der Waals surface area contributed by atoms with E-state index in [2.05, 4.69) is 0 Å². The summed E-state index contributed by atoms with van der Waals surface area (Å²) in [5.41, 5.74) is -3.46. The van der Waals surface area contributed by atoms with Gasteiger partial charge in [0.1, 0.15) is 5.56 Å². The number of alkyl halides is 2. The quantitative estimate of drug-likeness (QED) is 0.555. The molecule has 0 saturated carbocycles. The fourth-order valence-electron chi connectivity index (χ4n) is 0.882. The van der Waals surface area contributed by atoms with Crippen molar-refractivity contribution in [1.82, 2.24) is 4.98 Å². The van der Waals surface area contributed by atoms with Gasteiger partial charge >= 0.3 is 5.69 Å². The number of hydrogen-bond donors (Lipinski definition) is 2. The van der Waals surface area contributed by atoms with Crippen LogP contribution in [0.5, 0.6) is 5.75 Å². The molecule has 0 spiro atoms. The van der Waals surface area contributed by atoms with Crippen LogP contribution in [-0.2, 0) is 0 Å². The van der Waals surface area contributed by atoms with Gasteiger partial charge in [0.2, 0.25) is 0 Å². The number of rotatable bonds is 2. The number of halogens is 2. The van der Waals surface area contributed by atoms with Crippen molar-refractivity contribution < 1.29 is 18.8 Å². The van der Waals surface area contributed by atoms with Gasteiger partial charge in [-0.2, -0.15) is 0 Å². The predicted molar refractivity (Wildman–Crippen MR) is 40.3 cm³/mol. The Balaban J connectivity index is 3.54. The molecule has 2 N–H and O–H groups in total. The molecule has 1 rings (SSSR count). The van der Waals surface area contributed by atoms with Crippen LogP contribution < -0.4 is 5.56 Å². The number of aromatic hydroxyl groups is 1. The van der Waals surface area contributed by atoms with Gasteiger partial charge in [0, 0.05) is 6.20 Å². The Bertz CT molecular complexity index is 428. The molecular weight excluding hydrogens is 202 g/mol. The van der Waals surface area contributed by atoms with Crippen molar-refractivity contribution in [2.45, 2.75) is 6.43 Å². The minimum absolute atomic E-state index is 0.505. The summed E-state index contributed by atoms with van der Waals surface area (Å²) in [5, 5.41) is 19.1. The lowest BCUT2D eigenvalue weighted by molar-refractivity contribution is -0.387. The van der Waals surface area contributed by atoms with Crippen LogP contribution in [0, 0.1) is 10.1 Å². The number of hydrogen-bond acceptors (Lipinski definition) is 4. The highest BCUT2D eigenvalue weighted by atomic mass is 19.3. The molecule has 76 valence electrons. The number of aromatic amines is 1. The second-order valence-electron chi connectivity index (χ2n) is 2.33. The van der Waals surface area contributed by atoms with Crippen LogP contribution in [0.1, 0.15) is 12.0 Å². The summed E-state index contributed by atoms with van der Waals surface area (Å²) >= 11 is 0. The highest BCUT2D eigenvalue weighted by molar-refractivity contribution is 5.49. The first-order valence-corrected chi connectivity index (χ1v) is 3.32. The van der Waals surface area contributed by atoms with Crippen LogP contribution in [0.15, 0.2) is 11.0 Å². The van der Waals surface area contributed by atoms with E-state index in [0.29, 0.717) is 6.20 Å². The molecule has 0 bridgehead atoms. The zero-order valence-corrected chi connectivity index (χ0v) is 6.53. The number of nitro groups is 1. The second kappa shape index (κ2) is 3.40. The van der Waals surface area contributed by atoms with Crippen LogP contribution in [0.25, 0.3) is 0 Å². The first kappa shape index (κ1) is 10.1. The Hall–Kier alpha value is -1.99. The van der Waals surface area contributed by atoms with E-state index in [4.69, 9.17) is 5.11 Å². The Morgan fingerprint density at radius 3 is 2.57 bits per heavy atom. The van der Waals surface area contributed by atoms with Crippen LogP contribution in [0.4, 0.5) is 14.5 Å². The zero-order chi connectivity index (χ0) is 10.9. The fraction of sp³-hybridized carbons (Fsp3) is 0.167. The molecule has 0 saturated heterocycles. The van der Waals surface area contributed by atoms with Gasteiger partial charge in [0.25, 0.3) is 17.7 Å². The SMILES string of the molecule is O=c1[nH]cc(C(F)F)c([N+](=O)[O-])c1O. The summed E-state index contributed by atoms with van der Waals surface area (Å²) in [6, 6.07) is 0. The van der Waals surface area contributed by atoms with E-state index >= 15 is 0 Å². The Morgan fingerprint density at radius 2 is 2.14 bits per heavy atom. The molecule has 0 aliphatic heterocycles. The average molecular weight is 206 g/mol. The van der Waals surface area contributed by atoms with Gasteiger partial charge in [-0.05, 0) is 0 Å². The van der Waals surface area contributed by atoms with Crippen molar-refractivity contribution in [3.05, 3.63) is 32.2 Å². The molecule has 1 aromatic heterocycles. The number of H-pyrrole nitrogens is 1. The summed E-state index contributed by atoms with van der Waals surface area (Å²) < 4.78 is 24.3. The van der Waals surface area contributed by atoms with E-state index in [-0.39, 0.29) is 0 Å². The second-order valence-corrected chi connectivity index (χ2v) is 2.33. The number of pyridine rings is 1. The van der Waals surface area contributed by atoms with Gasteiger partial charge in [-0.3, -0.25) is 14.9 Å². The van der Waals surface area contributed by atoms with Gasteiger partial charge in [-0.1, -0.05) is 0 Å². The molecule has 6 nitrogen and oxygen atoms in total. The first-order chi connectivity index (χ1) is 6.45. The van der Waals surface area contributed by atoms with Crippen LogP contribution >= 0.6 is 0 Å². The highest BCUT2D eigenvalue weighted by Crippen LogP contribution is 2.32. The van der Waals surface area contributed by atoms with E-state index in [1.54, 1.807) is 4.98 Å². The molecule has 0 fully saturated rings. The summed E-state index contributed by atoms with van der Waals surface area (Å²) in [5.74, 6) is -1.31. The van der Waals surface area contributed by atoms with Crippen LogP contribution in [-0.4, -0.2) is 15.0 Å². The summed E-state index contributed by atoms with van der Waals surface area (Å²) in [4.78, 5) is 21.4. The molecule has 8 heteroatoms. The van der Waals surface area contributed by atoms with Crippen molar-refractivity contribution in [2.24, 2.45) is 0 Å². The lowest BCUT2D eigenvalue weighted by atomic mass is 10.2. The normalized spacial score (nSPS) is 10.5. The molecule has 0 aromatic carbocycles. The summed E-state index contributed by atoms with van der Waals surface area (Å²) in [6.45, 7) is 0. The topological polar surface area (TPSA) is 96.2 Å². The monoisotopic (exact) mass is 206 g/mol. The standard InChI is InChI=1S/C6H4F2N2O4/c7-5(8)2-1-9-6(12)4(11)3(2)10(13)14/h1,5,11H,(H,9,12). The maximum absolute atomic E-state index is 12.2. The van der Waals surface area contributed by atoms with Gasteiger partial charge in [-0.25, -0.2) is 8.78 Å². The largest absolute Gasteiger partial charge is 0.498 e. The molecule has 1 heterocycles. The molecule has 14 heavy (non-hydrogen) atoms. The Labute approximate surface area is 75.0 Å². The van der Waals surface area contributed by atoms with Crippen LogP contribution in [0.2, 0.25) is 0 Å². The molecule has 0 unspecified atom stereocenters. The smallest absolute Gasteiger partial charge is 0.326 e. The van der Waals surface area contributed by atoms with Gasteiger partial charge in [0.05, 0.1) is 4.92 Å². The van der Waals surface area contributed by atoms with Crippen molar-refractivity contribution in [3.8, 4) is 5.75 Å².